The summed E-state index contributed by atoms with van der Waals surface area (Å²) in [6.07, 6.45) is 1.77. The first-order valence-electron chi connectivity index (χ1n) is 5.62. The number of methoxy groups -OCH3 is 1. The van der Waals surface area contributed by atoms with Gasteiger partial charge in [-0.1, -0.05) is 18.2 Å². The first-order chi connectivity index (χ1) is 8.33. The second-order valence-corrected chi connectivity index (χ2v) is 3.86. The molecule has 0 atom stereocenters. The minimum Gasteiger partial charge on any atom is -0.383 e. The van der Waals surface area contributed by atoms with Gasteiger partial charge in [-0.2, -0.15) is 0 Å². The first kappa shape index (κ1) is 11.8. The predicted molar refractivity (Wildman–Crippen MR) is 68.2 cm³/mol. The van der Waals surface area contributed by atoms with Crippen LogP contribution in [-0.4, -0.2) is 25.2 Å². The van der Waals surface area contributed by atoms with Crippen molar-refractivity contribution in [3.05, 3.63) is 46.4 Å². The molecule has 2 N–H and O–H groups in total. The molecule has 0 amide bonds. The summed E-state index contributed by atoms with van der Waals surface area (Å²) in [6.45, 7) is 2.20. The summed E-state index contributed by atoms with van der Waals surface area (Å²) in [5, 5.41) is 5.00. The van der Waals surface area contributed by atoms with Crippen molar-refractivity contribution in [1.82, 2.24) is 10.3 Å². The number of ether oxygens (including phenoxy) is 1. The molecule has 0 saturated heterocycles. The van der Waals surface area contributed by atoms with E-state index in [1.165, 1.54) is 0 Å². The molecule has 1 aromatic heterocycles. The molecule has 2 aromatic rings. The van der Waals surface area contributed by atoms with Gasteiger partial charge in [0.15, 0.2) is 0 Å². The standard InChI is InChI=1S/C13H16N2O2/c1-17-7-6-14-8-10-9-15-13(16)12-5-3-2-4-11(10)12/h2-5,9,14H,6-8H2,1H3,(H,15,16). The van der Waals surface area contributed by atoms with Crippen LogP contribution in [0.1, 0.15) is 5.56 Å². The van der Waals surface area contributed by atoms with E-state index in [1.807, 2.05) is 24.3 Å². The van der Waals surface area contributed by atoms with Crippen LogP contribution in [0.25, 0.3) is 10.8 Å². The highest BCUT2D eigenvalue weighted by molar-refractivity contribution is 5.84. The molecule has 1 aromatic carbocycles. The van der Waals surface area contributed by atoms with Crippen molar-refractivity contribution in [2.45, 2.75) is 6.54 Å². The fraction of sp³-hybridized carbons (Fsp3) is 0.308. The molecule has 0 aliphatic rings. The lowest BCUT2D eigenvalue weighted by Gasteiger charge is -2.07. The van der Waals surface area contributed by atoms with E-state index in [0.717, 1.165) is 29.4 Å². The lowest BCUT2D eigenvalue weighted by atomic mass is 10.1. The molecular weight excluding hydrogens is 216 g/mol. The number of H-pyrrole nitrogens is 1. The molecule has 0 aliphatic carbocycles. The Balaban J connectivity index is 2.23. The van der Waals surface area contributed by atoms with Crippen LogP contribution in [-0.2, 0) is 11.3 Å². The highest BCUT2D eigenvalue weighted by Crippen LogP contribution is 2.13. The van der Waals surface area contributed by atoms with Crippen LogP contribution in [0.5, 0.6) is 0 Å². The van der Waals surface area contributed by atoms with E-state index < -0.39 is 0 Å². The smallest absolute Gasteiger partial charge is 0.255 e. The van der Waals surface area contributed by atoms with Crippen molar-refractivity contribution in [2.75, 3.05) is 20.3 Å². The van der Waals surface area contributed by atoms with Crippen molar-refractivity contribution in [2.24, 2.45) is 0 Å². The van der Waals surface area contributed by atoms with Crippen LogP contribution >= 0.6 is 0 Å². The van der Waals surface area contributed by atoms with Crippen LogP contribution < -0.4 is 10.9 Å². The second-order valence-electron chi connectivity index (χ2n) is 3.86. The Hall–Kier alpha value is -1.65. The third kappa shape index (κ3) is 2.72. The Kier molecular flexibility index (Phi) is 3.90. The van der Waals surface area contributed by atoms with E-state index in [1.54, 1.807) is 13.3 Å². The van der Waals surface area contributed by atoms with Crippen molar-refractivity contribution in [1.29, 1.82) is 0 Å². The van der Waals surface area contributed by atoms with E-state index in [9.17, 15) is 4.79 Å². The van der Waals surface area contributed by atoms with Gasteiger partial charge in [0.05, 0.1) is 6.61 Å². The molecular formula is C13H16N2O2. The molecule has 4 heteroatoms. The molecule has 17 heavy (non-hydrogen) atoms. The number of fused-ring (bicyclic) bond motifs is 1. The molecule has 1 heterocycles. The highest BCUT2D eigenvalue weighted by atomic mass is 16.5. The van der Waals surface area contributed by atoms with Crippen LogP contribution in [0.15, 0.2) is 35.3 Å². The zero-order valence-electron chi connectivity index (χ0n) is 9.82. The molecule has 0 radical (unpaired) electrons. The topological polar surface area (TPSA) is 54.1 Å². The number of aromatic amines is 1. The number of rotatable bonds is 5. The largest absolute Gasteiger partial charge is 0.383 e. The third-order valence-electron chi connectivity index (χ3n) is 2.69. The zero-order valence-corrected chi connectivity index (χ0v) is 9.82. The maximum absolute atomic E-state index is 11.6. The predicted octanol–water partition coefficient (Wildman–Crippen LogP) is 1.26. The highest BCUT2D eigenvalue weighted by Gasteiger charge is 2.03. The van der Waals surface area contributed by atoms with Gasteiger partial charge < -0.3 is 15.0 Å². The third-order valence-corrected chi connectivity index (χ3v) is 2.69. The SMILES string of the molecule is COCCNCc1c[nH]c(=O)c2ccccc12. The number of pyridine rings is 1. The van der Waals surface area contributed by atoms with Crippen LogP contribution in [0.2, 0.25) is 0 Å². The summed E-state index contributed by atoms with van der Waals surface area (Å²) >= 11 is 0. The monoisotopic (exact) mass is 232 g/mol. The quantitative estimate of drug-likeness (QED) is 0.763. The summed E-state index contributed by atoms with van der Waals surface area (Å²) in [7, 11) is 1.68. The Morgan fingerprint density at radius 3 is 2.82 bits per heavy atom. The summed E-state index contributed by atoms with van der Waals surface area (Å²) in [5.41, 5.74) is 1.05. The summed E-state index contributed by atoms with van der Waals surface area (Å²) in [5.74, 6) is 0. The van der Waals surface area contributed by atoms with Gasteiger partial charge in [0.1, 0.15) is 0 Å². The van der Waals surface area contributed by atoms with Gasteiger partial charge in [0.25, 0.3) is 5.56 Å². The number of hydrogen-bond donors (Lipinski definition) is 2. The molecule has 0 unspecified atom stereocenters. The van der Waals surface area contributed by atoms with Gasteiger partial charge in [-0.3, -0.25) is 4.79 Å². The average Bonchev–Trinajstić information content (AvgIpc) is 2.37. The van der Waals surface area contributed by atoms with E-state index >= 15 is 0 Å². The Morgan fingerprint density at radius 1 is 1.29 bits per heavy atom. The molecule has 0 aliphatic heterocycles. The van der Waals surface area contributed by atoms with Gasteiger partial charge in [-0.15, -0.1) is 0 Å². The van der Waals surface area contributed by atoms with Crippen LogP contribution in [0.3, 0.4) is 0 Å². The molecule has 0 saturated carbocycles. The normalized spacial score (nSPS) is 10.9. The second kappa shape index (κ2) is 5.61. The van der Waals surface area contributed by atoms with E-state index in [2.05, 4.69) is 10.3 Å². The van der Waals surface area contributed by atoms with Gasteiger partial charge in [0, 0.05) is 31.8 Å². The molecule has 4 nitrogen and oxygen atoms in total. The lowest BCUT2D eigenvalue weighted by Crippen LogP contribution is -2.19. The molecule has 90 valence electrons. The molecule has 0 bridgehead atoms. The molecule has 0 fully saturated rings. The fourth-order valence-corrected chi connectivity index (χ4v) is 1.81. The number of hydrogen-bond acceptors (Lipinski definition) is 3. The Labute approximate surface area is 99.6 Å². The maximum atomic E-state index is 11.6. The number of aromatic nitrogens is 1. The van der Waals surface area contributed by atoms with E-state index in [0.29, 0.717) is 6.61 Å². The van der Waals surface area contributed by atoms with Crippen molar-refractivity contribution < 1.29 is 4.74 Å². The van der Waals surface area contributed by atoms with E-state index in [4.69, 9.17) is 4.74 Å². The van der Waals surface area contributed by atoms with Crippen molar-refractivity contribution >= 4 is 10.8 Å². The van der Waals surface area contributed by atoms with E-state index in [-0.39, 0.29) is 5.56 Å². The Morgan fingerprint density at radius 2 is 2.06 bits per heavy atom. The minimum atomic E-state index is -0.0405. The van der Waals surface area contributed by atoms with Crippen molar-refractivity contribution in [3.8, 4) is 0 Å². The lowest BCUT2D eigenvalue weighted by molar-refractivity contribution is 0.199. The summed E-state index contributed by atoms with van der Waals surface area (Å²) in [4.78, 5) is 14.4. The van der Waals surface area contributed by atoms with Crippen LogP contribution in [0, 0.1) is 0 Å². The maximum Gasteiger partial charge on any atom is 0.255 e. The first-order valence-corrected chi connectivity index (χ1v) is 5.62. The van der Waals surface area contributed by atoms with Crippen molar-refractivity contribution in [3.63, 3.8) is 0 Å². The fourth-order valence-electron chi connectivity index (χ4n) is 1.81. The summed E-state index contributed by atoms with van der Waals surface area (Å²) in [6, 6.07) is 7.63. The van der Waals surface area contributed by atoms with Crippen LogP contribution in [0.4, 0.5) is 0 Å². The number of nitrogens with one attached hydrogen (secondary N) is 2. The minimum absolute atomic E-state index is 0.0405. The van der Waals surface area contributed by atoms with Gasteiger partial charge in [-0.05, 0) is 17.0 Å². The molecule has 0 spiro atoms. The Bertz CT molecular complexity index is 548. The zero-order chi connectivity index (χ0) is 12.1. The molecule has 2 rings (SSSR count). The van der Waals surface area contributed by atoms with Gasteiger partial charge >= 0.3 is 0 Å². The van der Waals surface area contributed by atoms with Gasteiger partial charge in [0.2, 0.25) is 0 Å². The van der Waals surface area contributed by atoms with Gasteiger partial charge in [-0.25, -0.2) is 0 Å². The average molecular weight is 232 g/mol. The number of benzene rings is 1. The summed E-state index contributed by atoms with van der Waals surface area (Å²) < 4.78 is 4.97.